The zero-order chi connectivity index (χ0) is 11.5. The van der Waals surface area contributed by atoms with Crippen LogP contribution in [0.5, 0.6) is 0 Å². The smallest absolute Gasteiger partial charge is 0.143 e. The third-order valence-corrected chi connectivity index (χ3v) is 4.16. The predicted octanol–water partition coefficient (Wildman–Crippen LogP) is 1.62. The van der Waals surface area contributed by atoms with Crippen LogP contribution >= 0.6 is 0 Å². The molecule has 1 heterocycles. The number of likely N-dealkylation sites (N-methyl/N-ethyl adjacent to an activating group) is 1. The topological polar surface area (TPSA) is 38.3 Å². The fourth-order valence-corrected chi connectivity index (χ4v) is 3.11. The first kappa shape index (κ1) is 12.1. The minimum absolute atomic E-state index is 0.0975. The highest BCUT2D eigenvalue weighted by atomic mass is 16.5. The molecule has 92 valence electrons. The Balaban J connectivity index is 1.95. The van der Waals surface area contributed by atoms with Crippen LogP contribution in [0.2, 0.25) is 0 Å². The van der Waals surface area contributed by atoms with Gasteiger partial charge in [-0.3, -0.25) is 4.79 Å². The van der Waals surface area contributed by atoms with Crippen LogP contribution in [0, 0.1) is 17.8 Å². The van der Waals surface area contributed by atoms with Gasteiger partial charge in [-0.15, -0.1) is 0 Å². The maximum absolute atomic E-state index is 12.4. The number of ketones is 1. The zero-order valence-electron chi connectivity index (χ0n) is 10.4. The first-order valence-corrected chi connectivity index (χ1v) is 6.51. The number of hydrogen-bond donors (Lipinski definition) is 1. The second-order valence-corrected chi connectivity index (χ2v) is 5.41. The Kier molecular flexibility index (Phi) is 3.98. The molecule has 1 aliphatic heterocycles. The largest absolute Gasteiger partial charge is 0.379 e. The van der Waals surface area contributed by atoms with E-state index in [9.17, 15) is 4.79 Å². The molecule has 3 nitrogen and oxygen atoms in total. The van der Waals surface area contributed by atoms with E-state index in [0.717, 1.165) is 18.8 Å². The normalized spacial score (nSPS) is 39.9. The summed E-state index contributed by atoms with van der Waals surface area (Å²) in [5, 5.41) is 3.20. The standard InChI is InChI=1S/C13H23NO2/c1-9-4-3-5-10(6-9)13(15)11-7-16-8-12(11)14-2/h9-12,14H,3-8H2,1-2H3. The highest BCUT2D eigenvalue weighted by molar-refractivity contribution is 5.84. The van der Waals surface area contributed by atoms with Gasteiger partial charge in [0.1, 0.15) is 5.78 Å². The third-order valence-electron chi connectivity index (χ3n) is 4.16. The van der Waals surface area contributed by atoms with E-state index in [4.69, 9.17) is 4.74 Å². The van der Waals surface area contributed by atoms with Crippen molar-refractivity contribution in [3.05, 3.63) is 0 Å². The molecule has 3 heteroatoms. The Morgan fingerprint density at radius 3 is 2.81 bits per heavy atom. The van der Waals surface area contributed by atoms with E-state index in [1.165, 1.54) is 12.8 Å². The molecule has 4 atom stereocenters. The van der Waals surface area contributed by atoms with Crippen molar-refractivity contribution in [2.75, 3.05) is 20.3 Å². The summed E-state index contributed by atoms with van der Waals surface area (Å²) in [5.41, 5.74) is 0. The number of Topliss-reactive ketones (excluding diaryl/α,β-unsaturated/α-hetero) is 1. The van der Waals surface area contributed by atoms with Gasteiger partial charge in [-0.05, 0) is 25.8 Å². The highest BCUT2D eigenvalue weighted by Crippen LogP contribution is 2.32. The summed E-state index contributed by atoms with van der Waals surface area (Å²) in [6.07, 6.45) is 4.69. The highest BCUT2D eigenvalue weighted by Gasteiger charge is 2.37. The molecule has 1 N–H and O–H groups in total. The summed E-state index contributed by atoms with van der Waals surface area (Å²) in [6.45, 7) is 3.57. The molecule has 2 aliphatic rings. The second kappa shape index (κ2) is 5.28. The lowest BCUT2D eigenvalue weighted by molar-refractivity contribution is -0.128. The van der Waals surface area contributed by atoms with Gasteiger partial charge in [0.05, 0.1) is 19.1 Å². The van der Waals surface area contributed by atoms with E-state index < -0.39 is 0 Å². The van der Waals surface area contributed by atoms with E-state index in [0.29, 0.717) is 24.9 Å². The van der Waals surface area contributed by atoms with Crippen LogP contribution in [0.4, 0.5) is 0 Å². The fourth-order valence-electron chi connectivity index (χ4n) is 3.11. The molecule has 0 aromatic heterocycles. The zero-order valence-corrected chi connectivity index (χ0v) is 10.4. The average Bonchev–Trinajstić information content (AvgIpc) is 2.76. The van der Waals surface area contributed by atoms with Crippen LogP contribution in [-0.4, -0.2) is 32.1 Å². The predicted molar refractivity (Wildman–Crippen MR) is 63.3 cm³/mol. The molecule has 2 rings (SSSR count). The number of nitrogens with one attached hydrogen (secondary N) is 1. The molecule has 0 amide bonds. The summed E-state index contributed by atoms with van der Waals surface area (Å²) in [5.74, 6) is 1.56. The van der Waals surface area contributed by atoms with Crippen molar-refractivity contribution in [3.8, 4) is 0 Å². The minimum atomic E-state index is 0.0975. The van der Waals surface area contributed by atoms with Crippen LogP contribution in [-0.2, 0) is 9.53 Å². The lowest BCUT2D eigenvalue weighted by atomic mass is 9.76. The molecule has 0 aromatic carbocycles. The molecule has 0 spiro atoms. The molecule has 16 heavy (non-hydrogen) atoms. The van der Waals surface area contributed by atoms with Gasteiger partial charge in [-0.25, -0.2) is 0 Å². The van der Waals surface area contributed by atoms with Crippen LogP contribution in [0.3, 0.4) is 0 Å². The van der Waals surface area contributed by atoms with Crippen molar-refractivity contribution in [1.29, 1.82) is 0 Å². The Labute approximate surface area is 97.9 Å². The first-order valence-electron chi connectivity index (χ1n) is 6.51. The van der Waals surface area contributed by atoms with Gasteiger partial charge in [0, 0.05) is 12.0 Å². The third kappa shape index (κ3) is 2.46. The summed E-state index contributed by atoms with van der Waals surface area (Å²) in [7, 11) is 1.92. The molecule has 0 aromatic rings. The van der Waals surface area contributed by atoms with Gasteiger partial charge in [0.15, 0.2) is 0 Å². The molecular formula is C13H23NO2. The summed E-state index contributed by atoms with van der Waals surface area (Å²) < 4.78 is 5.42. The number of carbonyl (C=O) groups excluding carboxylic acids is 1. The van der Waals surface area contributed by atoms with Crippen molar-refractivity contribution in [2.24, 2.45) is 17.8 Å². The molecule has 4 unspecified atom stereocenters. The summed E-state index contributed by atoms with van der Waals surface area (Å²) >= 11 is 0. The van der Waals surface area contributed by atoms with Crippen LogP contribution in [0.1, 0.15) is 32.6 Å². The van der Waals surface area contributed by atoms with Gasteiger partial charge in [0.2, 0.25) is 0 Å². The van der Waals surface area contributed by atoms with E-state index in [1.807, 2.05) is 7.05 Å². The van der Waals surface area contributed by atoms with Crippen LogP contribution in [0.25, 0.3) is 0 Å². The number of carbonyl (C=O) groups is 1. The van der Waals surface area contributed by atoms with Crippen molar-refractivity contribution in [3.63, 3.8) is 0 Å². The Morgan fingerprint density at radius 1 is 1.31 bits per heavy atom. The van der Waals surface area contributed by atoms with Gasteiger partial charge in [-0.1, -0.05) is 19.8 Å². The Morgan fingerprint density at radius 2 is 2.12 bits per heavy atom. The fraction of sp³-hybridized carbons (Fsp3) is 0.923. The SMILES string of the molecule is CNC1COCC1C(=O)C1CCCC(C)C1. The average molecular weight is 225 g/mol. The van der Waals surface area contributed by atoms with Gasteiger partial charge >= 0.3 is 0 Å². The first-order chi connectivity index (χ1) is 7.72. The molecule has 2 fully saturated rings. The molecule has 1 saturated heterocycles. The van der Waals surface area contributed by atoms with E-state index >= 15 is 0 Å². The Hall–Kier alpha value is -0.410. The van der Waals surface area contributed by atoms with Gasteiger partial charge in [0.25, 0.3) is 0 Å². The lowest BCUT2D eigenvalue weighted by Crippen LogP contribution is -2.40. The van der Waals surface area contributed by atoms with Crippen molar-refractivity contribution >= 4 is 5.78 Å². The molecule has 0 bridgehead atoms. The van der Waals surface area contributed by atoms with Gasteiger partial charge < -0.3 is 10.1 Å². The summed E-state index contributed by atoms with van der Waals surface area (Å²) in [6, 6.07) is 0.240. The molecular weight excluding hydrogens is 202 g/mol. The van der Waals surface area contributed by atoms with Crippen LogP contribution in [0.15, 0.2) is 0 Å². The molecule has 1 saturated carbocycles. The lowest BCUT2D eigenvalue weighted by Gasteiger charge is -2.28. The monoisotopic (exact) mass is 225 g/mol. The van der Waals surface area contributed by atoms with Gasteiger partial charge in [-0.2, -0.15) is 0 Å². The number of ether oxygens (including phenoxy) is 1. The minimum Gasteiger partial charge on any atom is -0.379 e. The molecule has 1 aliphatic carbocycles. The Bertz CT molecular complexity index is 254. The second-order valence-electron chi connectivity index (χ2n) is 5.41. The number of rotatable bonds is 3. The van der Waals surface area contributed by atoms with Crippen molar-refractivity contribution in [2.45, 2.75) is 38.6 Å². The summed E-state index contributed by atoms with van der Waals surface area (Å²) in [4.78, 5) is 12.4. The van der Waals surface area contributed by atoms with E-state index in [2.05, 4.69) is 12.2 Å². The van der Waals surface area contributed by atoms with E-state index in [1.54, 1.807) is 0 Å². The number of hydrogen-bond acceptors (Lipinski definition) is 3. The van der Waals surface area contributed by atoms with Crippen LogP contribution < -0.4 is 5.32 Å². The van der Waals surface area contributed by atoms with E-state index in [-0.39, 0.29) is 12.0 Å². The maximum atomic E-state index is 12.4. The molecule has 0 radical (unpaired) electrons. The maximum Gasteiger partial charge on any atom is 0.143 e. The quantitative estimate of drug-likeness (QED) is 0.793. The van der Waals surface area contributed by atoms with Crippen molar-refractivity contribution < 1.29 is 9.53 Å². The van der Waals surface area contributed by atoms with Crippen molar-refractivity contribution in [1.82, 2.24) is 5.32 Å².